The molecule has 0 bridgehead atoms. The number of rotatable bonds is 3. The average molecular weight is 263 g/mol. The Balaban J connectivity index is 2.65. The Morgan fingerprint density at radius 2 is 1.78 bits per heavy atom. The average Bonchev–Trinajstić information content (AvgIpc) is 2.68. The molecular weight excluding hydrogens is 246 g/mol. The monoisotopic (exact) mass is 263 g/mol. The third kappa shape index (κ3) is 2.04. The maximum absolute atomic E-state index is 5.86. The van der Waals surface area contributed by atoms with Gasteiger partial charge in [-0.15, -0.1) is 11.3 Å². The molecule has 18 heavy (non-hydrogen) atoms. The van der Waals surface area contributed by atoms with E-state index in [0.717, 1.165) is 33.2 Å². The topological polar surface area (TPSA) is 44.5 Å². The number of anilines is 1. The molecule has 0 saturated heterocycles. The molecule has 0 radical (unpaired) electrons. The molecule has 3 nitrogen and oxygen atoms in total. The third-order valence-corrected chi connectivity index (χ3v) is 3.89. The summed E-state index contributed by atoms with van der Waals surface area (Å²) in [4.78, 5) is 1.19. The smallest absolute Gasteiger partial charge is 0.133 e. The van der Waals surface area contributed by atoms with E-state index in [0.29, 0.717) is 0 Å². The molecule has 1 heterocycles. The first kappa shape index (κ1) is 12.8. The van der Waals surface area contributed by atoms with Gasteiger partial charge in [0.25, 0.3) is 0 Å². The van der Waals surface area contributed by atoms with Crippen molar-refractivity contribution in [3.63, 3.8) is 0 Å². The van der Waals surface area contributed by atoms with Crippen LogP contribution in [0.5, 0.6) is 11.5 Å². The Bertz CT molecular complexity index is 575. The Hall–Kier alpha value is -1.68. The minimum absolute atomic E-state index is 0.818. The summed E-state index contributed by atoms with van der Waals surface area (Å²) in [5.74, 6) is 1.67. The van der Waals surface area contributed by atoms with Crippen LogP contribution in [0.2, 0.25) is 0 Å². The van der Waals surface area contributed by atoms with Crippen LogP contribution in [-0.4, -0.2) is 14.2 Å². The second-order valence-electron chi connectivity index (χ2n) is 4.09. The molecule has 2 aromatic rings. The van der Waals surface area contributed by atoms with E-state index in [9.17, 15) is 0 Å². The SMILES string of the molecule is COc1ccc(-c2cc(N)sc2C)c(OC)c1C. The summed E-state index contributed by atoms with van der Waals surface area (Å²) in [6, 6.07) is 5.96. The highest BCUT2D eigenvalue weighted by atomic mass is 32.1. The lowest BCUT2D eigenvalue weighted by Crippen LogP contribution is -1.95. The second kappa shape index (κ2) is 4.90. The zero-order chi connectivity index (χ0) is 13.3. The summed E-state index contributed by atoms with van der Waals surface area (Å²) in [7, 11) is 3.34. The van der Waals surface area contributed by atoms with Gasteiger partial charge in [0.1, 0.15) is 11.5 Å². The van der Waals surface area contributed by atoms with Crippen molar-refractivity contribution in [1.29, 1.82) is 0 Å². The van der Waals surface area contributed by atoms with Crippen LogP contribution in [-0.2, 0) is 0 Å². The highest BCUT2D eigenvalue weighted by Gasteiger charge is 2.15. The molecule has 0 amide bonds. The zero-order valence-corrected chi connectivity index (χ0v) is 11.9. The molecule has 2 N–H and O–H groups in total. The first-order valence-corrected chi connectivity index (χ1v) is 6.48. The molecule has 0 aliphatic heterocycles. The number of aryl methyl sites for hydroxylation is 1. The van der Waals surface area contributed by atoms with Crippen molar-refractivity contribution in [3.8, 4) is 22.6 Å². The first-order valence-electron chi connectivity index (χ1n) is 5.66. The van der Waals surface area contributed by atoms with Gasteiger partial charge >= 0.3 is 0 Å². The summed E-state index contributed by atoms with van der Waals surface area (Å²) in [5, 5.41) is 0.818. The van der Waals surface area contributed by atoms with Gasteiger partial charge in [-0.1, -0.05) is 0 Å². The quantitative estimate of drug-likeness (QED) is 0.919. The van der Waals surface area contributed by atoms with Gasteiger partial charge in [-0.2, -0.15) is 0 Å². The van der Waals surface area contributed by atoms with Gasteiger partial charge in [-0.05, 0) is 32.0 Å². The molecule has 0 aliphatic carbocycles. The molecule has 96 valence electrons. The van der Waals surface area contributed by atoms with E-state index in [2.05, 4.69) is 6.92 Å². The van der Waals surface area contributed by atoms with E-state index in [4.69, 9.17) is 15.2 Å². The minimum atomic E-state index is 0.818. The lowest BCUT2D eigenvalue weighted by molar-refractivity contribution is 0.390. The van der Waals surface area contributed by atoms with Crippen molar-refractivity contribution < 1.29 is 9.47 Å². The Morgan fingerprint density at radius 3 is 2.28 bits per heavy atom. The highest BCUT2D eigenvalue weighted by Crippen LogP contribution is 2.41. The lowest BCUT2D eigenvalue weighted by atomic mass is 10.0. The maximum Gasteiger partial charge on any atom is 0.133 e. The normalized spacial score (nSPS) is 10.4. The fourth-order valence-corrected chi connectivity index (χ4v) is 2.95. The van der Waals surface area contributed by atoms with Crippen LogP contribution in [0, 0.1) is 13.8 Å². The molecule has 0 aliphatic rings. The van der Waals surface area contributed by atoms with Crippen LogP contribution < -0.4 is 15.2 Å². The number of ether oxygens (including phenoxy) is 2. The number of nitrogens with two attached hydrogens (primary N) is 1. The number of hydrogen-bond donors (Lipinski definition) is 1. The van der Waals surface area contributed by atoms with Gasteiger partial charge in [0.15, 0.2) is 0 Å². The van der Waals surface area contributed by atoms with Crippen molar-refractivity contribution in [2.75, 3.05) is 20.0 Å². The van der Waals surface area contributed by atoms with E-state index >= 15 is 0 Å². The van der Waals surface area contributed by atoms with Crippen molar-refractivity contribution in [1.82, 2.24) is 0 Å². The molecule has 2 rings (SSSR count). The standard InChI is InChI=1S/C14H17NO2S/c1-8-12(16-3)6-5-10(14(8)17-4)11-7-13(15)18-9(11)2/h5-7H,15H2,1-4H3. The molecule has 1 aromatic heterocycles. The predicted molar refractivity (Wildman–Crippen MR) is 76.7 cm³/mol. The Morgan fingerprint density at radius 1 is 1.06 bits per heavy atom. The van der Waals surface area contributed by atoms with Crippen LogP contribution in [0.3, 0.4) is 0 Å². The van der Waals surface area contributed by atoms with Crippen LogP contribution in [0.15, 0.2) is 18.2 Å². The fraction of sp³-hybridized carbons (Fsp3) is 0.286. The van der Waals surface area contributed by atoms with Crippen molar-refractivity contribution in [3.05, 3.63) is 28.6 Å². The summed E-state index contributed by atoms with van der Waals surface area (Å²) in [6.45, 7) is 4.06. The van der Waals surface area contributed by atoms with Crippen LogP contribution in [0.1, 0.15) is 10.4 Å². The van der Waals surface area contributed by atoms with Crippen LogP contribution >= 0.6 is 11.3 Å². The Kier molecular flexibility index (Phi) is 3.48. The Labute approximate surface area is 111 Å². The van der Waals surface area contributed by atoms with E-state index < -0.39 is 0 Å². The molecule has 4 heteroatoms. The summed E-state index contributed by atoms with van der Waals surface area (Å²) >= 11 is 1.59. The fourth-order valence-electron chi connectivity index (χ4n) is 2.14. The largest absolute Gasteiger partial charge is 0.496 e. The zero-order valence-electron chi connectivity index (χ0n) is 11.0. The maximum atomic E-state index is 5.86. The van der Waals surface area contributed by atoms with E-state index in [1.165, 1.54) is 4.88 Å². The third-order valence-electron chi connectivity index (χ3n) is 3.01. The van der Waals surface area contributed by atoms with Crippen molar-refractivity contribution in [2.24, 2.45) is 0 Å². The van der Waals surface area contributed by atoms with Gasteiger partial charge in [-0.25, -0.2) is 0 Å². The van der Waals surface area contributed by atoms with Gasteiger partial charge in [0.05, 0.1) is 19.2 Å². The number of thiophene rings is 1. The highest BCUT2D eigenvalue weighted by molar-refractivity contribution is 7.16. The second-order valence-corrected chi connectivity index (χ2v) is 5.38. The van der Waals surface area contributed by atoms with E-state index in [1.807, 2.05) is 25.1 Å². The van der Waals surface area contributed by atoms with Gasteiger partial charge in [0, 0.05) is 21.6 Å². The molecule has 0 atom stereocenters. The number of benzene rings is 1. The van der Waals surface area contributed by atoms with Crippen molar-refractivity contribution in [2.45, 2.75) is 13.8 Å². The molecule has 1 aromatic carbocycles. The summed E-state index contributed by atoms with van der Waals surface area (Å²) in [5.41, 5.74) is 9.04. The van der Waals surface area contributed by atoms with Gasteiger partial charge in [-0.3, -0.25) is 0 Å². The van der Waals surface area contributed by atoms with Crippen molar-refractivity contribution >= 4 is 16.3 Å². The first-order chi connectivity index (χ1) is 8.58. The number of methoxy groups -OCH3 is 2. The molecule has 0 fully saturated rings. The number of nitrogen functional groups attached to an aromatic ring is 1. The van der Waals surface area contributed by atoms with Gasteiger partial charge < -0.3 is 15.2 Å². The van der Waals surface area contributed by atoms with E-state index in [-0.39, 0.29) is 0 Å². The minimum Gasteiger partial charge on any atom is -0.496 e. The predicted octanol–water partition coefficient (Wildman–Crippen LogP) is 3.63. The summed E-state index contributed by atoms with van der Waals surface area (Å²) in [6.07, 6.45) is 0. The van der Waals surface area contributed by atoms with Crippen LogP contribution in [0.25, 0.3) is 11.1 Å². The number of hydrogen-bond acceptors (Lipinski definition) is 4. The van der Waals surface area contributed by atoms with Gasteiger partial charge in [0.2, 0.25) is 0 Å². The van der Waals surface area contributed by atoms with Crippen LogP contribution in [0.4, 0.5) is 5.00 Å². The summed E-state index contributed by atoms with van der Waals surface area (Å²) < 4.78 is 10.8. The molecule has 0 unspecified atom stereocenters. The molecule has 0 spiro atoms. The lowest BCUT2D eigenvalue weighted by Gasteiger charge is -2.14. The molecular formula is C14H17NO2S. The van der Waals surface area contributed by atoms with E-state index in [1.54, 1.807) is 25.6 Å². The molecule has 0 saturated carbocycles.